The Kier molecular flexibility index (Phi) is 3.40. The lowest BCUT2D eigenvalue weighted by molar-refractivity contribution is 0.915. The first-order valence-electron chi connectivity index (χ1n) is 6.79. The fourth-order valence-corrected chi connectivity index (χ4v) is 3.98. The van der Waals surface area contributed by atoms with Crippen LogP contribution >= 0.6 is 23.1 Å². The van der Waals surface area contributed by atoms with E-state index in [9.17, 15) is 0 Å². The molecule has 4 aromatic rings. The van der Waals surface area contributed by atoms with Crippen molar-refractivity contribution in [3.05, 3.63) is 60.6 Å². The van der Waals surface area contributed by atoms with E-state index < -0.39 is 0 Å². The molecule has 108 valence electrons. The summed E-state index contributed by atoms with van der Waals surface area (Å²) < 4.78 is 2.83. The highest BCUT2D eigenvalue weighted by atomic mass is 32.2. The van der Waals surface area contributed by atoms with Crippen molar-refractivity contribution in [3.63, 3.8) is 0 Å². The van der Waals surface area contributed by atoms with Crippen molar-refractivity contribution in [2.45, 2.75) is 16.2 Å². The number of hydrogen-bond donors (Lipinski definition) is 0. The summed E-state index contributed by atoms with van der Waals surface area (Å²) in [4.78, 5) is 10.8. The average Bonchev–Trinajstić information content (AvgIpc) is 3.09. The SMILES string of the molecule is Cc1ccc(Sc2nn3cc(-c4cccnc4)nc3s2)cc1. The minimum atomic E-state index is 0.897. The number of aryl methyl sites for hydroxylation is 1. The van der Waals surface area contributed by atoms with Crippen LogP contribution in [0, 0.1) is 6.92 Å². The van der Waals surface area contributed by atoms with Gasteiger partial charge in [-0.15, -0.1) is 5.10 Å². The Morgan fingerprint density at radius 1 is 1.14 bits per heavy atom. The van der Waals surface area contributed by atoms with E-state index in [4.69, 9.17) is 0 Å². The van der Waals surface area contributed by atoms with E-state index in [0.717, 1.165) is 20.6 Å². The number of fused-ring (bicyclic) bond motifs is 1. The summed E-state index contributed by atoms with van der Waals surface area (Å²) >= 11 is 3.26. The molecule has 0 aliphatic carbocycles. The van der Waals surface area contributed by atoms with Crippen LogP contribution in [0.1, 0.15) is 5.56 Å². The molecule has 0 unspecified atom stereocenters. The molecule has 0 saturated carbocycles. The Bertz CT molecular complexity index is 879. The van der Waals surface area contributed by atoms with Crippen LogP contribution in [0.25, 0.3) is 16.2 Å². The quantitative estimate of drug-likeness (QED) is 0.563. The molecule has 0 saturated heterocycles. The number of pyridine rings is 1. The topological polar surface area (TPSA) is 43.1 Å². The minimum absolute atomic E-state index is 0.897. The molecule has 0 aliphatic heterocycles. The maximum absolute atomic E-state index is 4.63. The van der Waals surface area contributed by atoms with E-state index in [2.05, 4.69) is 46.3 Å². The summed E-state index contributed by atoms with van der Waals surface area (Å²) in [5.74, 6) is 0. The van der Waals surface area contributed by atoms with Crippen LogP contribution in [0.15, 0.2) is 64.2 Å². The highest BCUT2D eigenvalue weighted by Gasteiger charge is 2.10. The van der Waals surface area contributed by atoms with Gasteiger partial charge < -0.3 is 0 Å². The van der Waals surface area contributed by atoms with Crippen LogP contribution in [0.2, 0.25) is 0 Å². The molecule has 3 aromatic heterocycles. The second kappa shape index (κ2) is 5.55. The van der Waals surface area contributed by atoms with Crippen molar-refractivity contribution in [1.82, 2.24) is 19.6 Å². The van der Waals surface area contributed by atoms with Crippen LogP contribution in [0.4, 0.5) is 0 Å². The fourth-order valence-electron chi connectivity index (χ4n) is 2.08. The molecule has 0 atom stereocenters. The lowest BCUT2D eigenvalue weighted by Crippen LogP contribution is -1.81. The first kappa shape index (κ1) is 13.5. The van der Waals surface area contributed by atoms with Crippen molar-refractivity contribution in [2.75, 3.05) is 0 Å². The third-order valence-corrected chi connectivity index (χ3v) is 5.19. The Labute approximate surface area is 135 Å². The van der Waals surface area contributed by atoms with Gasteiger partial charge in [-0.25, -0.2) is 9.50 Å². The van der Waals surface area contributed by atoms with Crippen LogP contribution in [-0.2, 0) is 0 Å². The Morgan fingerprint density at radius 3 is 2.73 bits per heavy atom. The summed E-state index contributed by atoms with van der Waals surface area (Å²) in [6.07, 6.45) is 5.52. The summed E-state index contributed by atoms with van der Waals surface area (Å²) in [5, 5.41) is 4.59. The van der Waals surface area contributed by atoms with Crippen LogP contribution in [0.3, 0.4) is 0 Å². The van der Waals surface area contributed by atoms with Gasteiger partial charge in [-0.05, 0) is 31.2 Å². The predicted molar refractivity (Wildman–Crippen MR) is 89.4 cm³/mol. The van der Waals surface area contributed by atoms with E-state index in [1.54, 1.807) is 29.3 Å². The van der Waals surface area contributed by atoms with E-state index >= 15 is 0 Å². The molecule has 0 N–H and O–H groups in total. The zero-order chi connectivity index (χ0) is 14.9. The molecule has 1 aromatic carbocycles. The second-order valence-corrected chi connectivity index (χ2v) is 7.15. The molecule has 0 aliphatic rings. The Hall–Kier alpha value is -2.18. The number of rotatable bonds is 3. The maximum Gasteiger partial charge on any atom is 0.213 e. The van der Waals surface area contributed by atoms with Crippen molar-refractivity contribution in [1.29, 1.82) is 0 Å². The summed E-state index contributed by atoms with van der Waals surface area (Å²) in [5.41, 5.74) is 3.17. The maximum atomic E-state index is 4.63. The standard InChI is InChI=1S/C16H12N4S2/c1-11-4-6-13(7-5-11)21-16-19-20-10-14(18-15(20)22-16)12-3-2-8-17-9-12/h2-10H,1H3. The van der Waals surface area contributed by atoms with E-state index in [0.29, 0.717) is 0 Å². The summed E-state index contributed by atoms with van der Waals surface area (Å²) in [7, 11) is 0. The Balaban J connectivity index is 1.62. The third-order valence-electron chi connectivity index (χ3n) is 3.21. The van der Waals surface area contributed by atoms with Gasteiger partial charge in [0.1, 0.15) is 0 Å². The van der Waals surface area contributed by atoms with Gasteiger partial charge in [0.05, 0.1) is 11.9 Å². The van der Waals surface area contributed by atoms with Crippen molar-refractivity contribution < 1.29 is 0 Å². The van der Waals surface area contributed by atoms with E-state index in [-0.39, 0.29) is 0 Å². The second-order valence-electron chi connectivity index (χ2n) is 4.88. The highest BCUT2D eigenvalue weighted by Crippen LogP contribution is 2.32. The van der Waals surface area contributed by atoms with Gasteiger partial charge in [0.25, 0.3) is 0 Å². The van der Waals surface area contributed by atoms with Crippen molar-refractivity contribution in [3.8, 4) is 11.3 Å². The van der Waals surface area contributed by atoms with E-state index in [1.807, 2.05) is 29.0 Å². The molecule has 0 radical (unpaired) electrons. The molecular formula is C16H12N4S2. The lowest BCUT2D eigenvalue weighted by Gasteiger charge is -1.97. The molecule has 0 fully saturated rings. The van der Waals surface area contributed by atoms with Gasteiger partial charge in [-0.1, -0.05) is 40.8 Å². The van der Waals surface area contributed by atoms with Gasteiger partial charge in [0.15, 0.2) is 4.34 Å². The zero-order valence-electron chi connectivity index (χ0n) is 11.8. The smallest absolute Gasteiger partial charge is 0.213 e. The molecule has 4 nitrogen and oxygen atoms in total. The third kappa shape index (κ3) is 2.63. The highest BCUT2D eigenvalue weighted by molar-refractivity contribution is 8.01. The molecule has 4 rings (SSSR count). The van der Waals surface area contributed by atoms with Gasteiger partial charge in [-0.3, -0.25) is 4.98 Å². The lowest BCUT2D eigenvalue weighted by atomic mass is 10.2. The first-order valence-corrected chi connectivity index (χ1v) is 8.42. The molecule has 0 amide bonds. The monoisotopic (exact) mass is 324 g/mol. The minimum Gasteiger partial charge on any atom is -0.264 e. The Morgan fingerprint density at radius 2 is 2.00 bits per heavy atom. The van der Waals surface area contributed by atoms with Crippen LogP contribution in [-0.4, -0.2) is 19.6 Å². The summed E-state index contributed by atoms with van der Waals surface area (Å²) in [6.45, 7) is 2.09. The first-order chi connectivity index (χ1) is 10.8. The average molecular weight is 324 g/mol. The normalized spacial score (nSPS) is 11.1. The number of hydrogen-bond acceptors (Lipinski definition) is 5. The van der Waals surface area contributed by atoms with Gasteiger partial charge in [0, 0.05) is 22.9 Å². The number of nitrogens with zero attached hydrogens (tertiary/aromatic N) is 4. The predicted octanol–water partition coefficient (Wildman–Crippen LogP) is 4.31. The number of imidazole rings is 1. The number of aromatic nitrogens is 4. The fraction of sp³-hybridized carbons (Fsp3) is 0.0625. The molecule has 22 heavy (non-hydrogen) atoms. The molecule has 6 heteroatoms. The number of benzene rings is 1. The van der Waals surface area contributed by atoms with Crippen molar-refractivity contribution >= 4 is 28.1 Å². The molecule has 3 heterocycles. The zero-order valence-corrected chi connectivity index (χ0v) is 13.4. The molecule has 0 spiro atoms. The van der Waals surface area contributed by atoms with Gasteiger partial charge in [0.2, 0.25) is 4.96 Å². The molecule has 0 bridgehead atoms. The van der Waals surface area contributed by atoms with Gasteiger partial charge >= 0.3 is 0 Å². The molecular weight excluding hydrogens is 312 g/mol. The van der Waals surface area contributed by atoms with Gasteiger partial charge in [-0.2, -0.15) is 0 Å². The van der Waals surface area contributed by atoms with Crippen LogP contribution in [0.5, 0.6) is 0 Å². The van der Waals surface area contributed by atoms with Crippen LogP contribution < -0.4 is 0 Å². The van der Waals surface area contributed by atoms with E-state index in [1.165, 1.54) is 10.5 Å². The largest absolute Gasteiger partial charge is 0.264 e. The summed E-state index contributed by atoms with van der Waals surface area (Å²) in [6, 6.07) is 12.4. The van der Waals surface area contributed by atoms with Crippen molar-refractivity contribution in [2.24, 2.45) is 0 Å².